The van der Waals surface area contributed by atoms with E-state index < -0.39 is 0 Å². The second kappa shape index (κ2) is 7.43. The summed E-state index contributed by atoms with van der Waals surface area (Å²) in [6, 6.07) is 14.2. The number of nitrogens with zero attached hydrogens (tertiary/aromatic N) is 2. The smallest absolute Gasteiger partial charge is 0.223 e. The summed E-state index contributed by atoms with van der Waals surface area (Å²) in [5.41, 5.74) is 4.22. The quantitative estimate of drug-likeness (QED) is 0.740. The average Bonchev–Trinajstić information content (AvgIpc) is 3.33. The zero-order valence-electron chi connectivity index (χ0n) is 15.9. The van der Waals surface area contributed by atoms with Crippen LogP contribution in [0, 0.1) is 6.92 Å². The van der Waals surface area contributed by atoms with Gasteiger partial charge in [-0.05, 0) is 55.5 Å². The van der Waals surface area contributed by atoms with Crippen molar-refractivity contribution in [3.63, 3.8) is 0 Å². The van der Waals surface area contributed by atoms with E-state index in [0.29, 0.717) is 6.42 Å². The summed E-state index contributed by atoms with van der Waals surface area (Å²) in [6.07, 6.45) is 3.21. The third kappa shape index (κ3) is 3.54. The number of likely N-dealkylation sites (tertiary alicyclic amines) is 1. The first-order valence-electron chi connectivity index (χ1n) is 9.53. The number of aromatic amines is 1. The predicted octanol–water partition coefficient (Wildman–Crippen LogP) is 4.18. The molecular formula is C22H25N3O2. The number of hydrogen-bond donors (Lipinski definition) is 1. The number of aryl methyl sites for hydroxylation is 2. The standard InChI is InChI=1S/C22H25N3O2/c1-15-9-10-16(14-20(15)27-2)11-12-21(26)25-13-5-8-19(25)22-23-17-6-3-4-7-18(17)24-22/h3-4,6-7,9-10,14,19H,5,8,11-13H2,1-2H3,(H,23,24). The predicted molar refractivity (Wildman–Crippen MR) is 106 cm³/mol. The zero-order chi connectivity index (χ0) is 18.8. The number of fused-ring (bicyclic) bond motifs is 1. The highest BCUT2D eigenvalue weighted by Crippen LogP contribution is 2.32. The van der Waals surface area contributed by atoms with E-state index in [9.17, 15) is 4.79 Å². The molecule has 5 heteroatoms. The van der Waals surface area contributed by atoms with Crippen molar-refractivity contribution >= 4 is 16.9 Å². The van der Waals surface area contributed by atoms with Crippen molar-refractivity contribution in [2.45, 2.75) is 38.6 Å². The molecule has 2 aromatic carbocycles. The van der Waals surface area contributed by atoms with Gasteiger partial charge in [0.1, 0.15) is 11.6 Å². The molecule has 1 aliphatic heterocycles. The van der Waals surface area contributed by atoms with E-state index in [-0.39, 0.29) is 11.9 Å². The number of aromatic nitrogens is 2. The van der Waals surface area contributed by atoms with Crippen LogP contribution in [0.25, 0.3) is 11.0 Å². The molecule has 5 nitrogen and oxygen atoms in total. The number of imidazole rings is 1. The Morgan fingerprint density at radius 1 is 1.30 bits per heavy atom. The van der Waals surface area contributed by atoms with Crippen LogP contribution >= 0.6 is 0 Å². The second-order valence-corrected chi connectivity index (χ2v) is 7.19. The fourth-order valence-electron chi connectivity index (χ4n) is 3.89. The van der Waals surface area contributed by atoms with Gasteiger partial charge in [0.05, 0.1) is 24.2 Å². The molecule has 1 aromatic heterocycles. The molecule has 27 heavy (non-hydrogen) atoms. The highest BCUT2D eigenvalue weighted by atomic mass is 16.5. The summed E-state index contributed by atoms with van der Waals surface area (Å²) in [6.45, 7) is 2.83. The van der Waals surface area contributed by atoms with Gasteiger partial charge in [-0.15, -0.1) is 0 Å². The maximum atomic E-state index is 12.9. The van der Waals surface area contributed by atoms with E-state index in [4.69, 9.17) is 9.72 Å². The van der Waals surface area contributed by atoms with Crippen molar-refractivity contribution in [2.75, 3.05) is 13.7 Å². The average molecular weight is 363 g/mol. The minimum absolute atomic E-state index is 0.0532. The monoisotopic (exact) mass is 363 g/mol. The zero-order valence-corrected chi connectivity index (χ0v) is 15.9. The molecule has 1 aliphatic rings. The number of amides is 1. The fourth-order valence-corrected chi connectivity index (χ4v) is 3.89. The van der Waals surface area contributed by atoms with Crippen LogP contribution < -0.4 is 4.74 Å². The molecule has 1 amide bonds. The van der Waals surface area contributed by atoms with Gasteiger partial charge in [-0.25, -0.2) is 4.98 Å². The SMILES string of the molecule is COc1cc(CCC(=O)N2CCCC2c2nc3ccccc3[nH]2)ccc1C. The molecule has 1 atom stereocenters. The molecular weight excluding hydrogens is 338 g/mol. The molecule has 2 heterocycles. The Morgan fingerprint density at radius 2 is 2.15 bits per heavy atom. The number of ether oxygens (including phenoxy) is 1. The lowest BCUT2D eigenvalue weighted by Gasteiger charge is -2.23. The van der Waals surface area contributed by atoms with Crippen LogP contribution in [0.3, 0.4) is 0 Å². The molecule has 1 unspecified atom stereocenters. The van der Waals surface area contributed by atoms with Crippen molar-refractivity contribution in [1.29, 1.82) is 0 Å². The van der Waals surface area contributed by atoms with Crippen molar-refractivity contribution in [2.24, 2.45) is 0 Å². The van der Waals surface area contributed by atoms with Crippen LogP contribution in [0.5, 0.6) is 5.75 Å². The number of carbonyl (C=O) groups is 1. The minimum atomic E-state index is 0.0532. The van der Waals surface area contributed by atoms with Gasteiger partial charge in [0.25, 0.3) is 0 Å². The van der Waals surface area contributed by atoms with Crippen LogP contribution in [0.1, 0.15) is 42.3 Å². The van der Waals surface area contributed by atoms with Crippen molar-refractivity contribution in [3.05, 3.63) is 59.4 Å². The number of hydrogen-bond acceptors (Lipinski definition) is 3. The Balaban J connectivity index is 1.46. The molecule has 0 saturated carbocycles. The molecule has 0 radical (unpaired) electrons. The van der Waals surface area contributed by atoms with Crippen LogP contribution in [-0.2, 0) is 11.2 Å². The van der Waals surface area contributed by atoms with Gasteiger partial charge < -0.3 is 14.6 Å². The third-order valence-electron chi connectivity index (χ3n) is 5.40. The van der Waals surface area contributed by atoms with Crippen molar-refractivity contribution in [3.8, 4) is 5.75 Å². The maximum Gasteiger partial charge on any atom is 0.223 e. The van der Waals surface area contributed by atoms with E-state index in [0.717, 1.165) is 59.5 Å². The molecule has 4 rings (SSSR count). The van der Waals surface area contributed by atoms with Crippen LogP contribution in [-0.4, -0.2) is 34.4 Å². The van der Waals surface area contributed by atoms with E-state index in [2.05, 4.69) is 11.1 Å². The first kappa shape index (κ1) is 17.6. The summed E-state index contributed by atoms with van der Waals surface area (Å²) in [5, 5.41) is 0. The van der Waals surface area contributed by atoms with Gasteiger partial charge in [0, 0.05) is 13.0 Å². The van der Waals surface area contributed by atoms with Gasteiger partial charge in [0.15, 0.2) is 0 Å². The molecule has 1 fully saturated rings. The van der Waals surface area contributed by atoms with Gasteiger partial charge in [0.2, 0.25) is 5.91 Å². The third-order valence-corrected chi connectivity index (χ3v) is 5.40. The highest BCUT2D eigenvalue weighted by molar-refractivity contribution is 5.78. The number of carbonyl (C=O) groups excluding carboxylic acids is 1. The Hall–Kier alpha value is -2.82. The molecule has 0 aliphatic carbocycles. The number of methoxy groups -OCH3 is 1. The van der Waals surface area contributed by atoms with E-state index in [1.807, 2.05) is 48.2 Å². The summed E-state index contributed by atoms with van der Waals surface area (Å²) in [7, 11) is 1.68. The Kier molecular flexibility index (Phi) is 4.84. The van der Waals surface area contributed by atoms with Crippen molar-refractivity contribution < 1.29 is 9.53 Å². The lowest BCUT2D eigenvalue weighted by molar-refractivity contribution is -0.132. The largest absolute Gasteiger partial charge is 0.496 e. The van der Waals surface area contributed by atoms with Crippen molar-refractivity contribution in [1.82, 2.24) is 14.9 Å². The Labute approximate surface area is 159 Å². The minimum Gasteiger partial charge on any atom is -0.496 e. The lowest BCUT2D eigenvalue weighted by atomic mass is 10.1. The van der Waals surface area contributed by atoms with Crippen LogP contribution in [0.15, 0.2) is 42.5 Å². The van der Waals surface area contributed by atoms with Gasteiger partial charge in [-0.1, -0.05) is 24.3 Å². The Bertz CT molecular complexity index is 930. The molecule has 0 spiro atoms. The molecule has 0 bridgehead atoms. The first-order valence-corrected chi connectivity index (χ1v) is 9.53. The van der Waals surface area contributed by atoms with E-state index in [1.54, 1.807) is 7.11 Å². The lowest BCUT2D eigenvalue weighted by Crippen LogP contribution is -2.31. The highest BCUT2D eigenvalue weighted by Gasteiger charge is 2.31. The molecule has 3 aromatic rings. The summed E-state index contributed by atoms with van der Waals surface area (Å²) >= 11 is 0. The molecule has 1 N–H and O–H groups in total. The Morgan fingerprint density at radius 3 is 2.96 bits per heavy atom. The summed E-state index contributed by atoms with van der Waals surface area (Å²) < 4.78 is 5.39. The van der Waals surface area contributed by atoms with Gasteiger partial charge in [-0.3, -0.25) is 4.79 Å². The number of H-pyrrole nitrogens is 1. The van der Waals surface area contributed by atoms with Crippen LogP contribution in [0.4, 0.5) is 0 Å². The van der Waals surface area contributed by atoms with Crippen LogP contribution in [0.2, 0.25) is 0 Å². The normalized spacial score (nSPS) is 16.8. The number of nitrogens with one attached hydrogen (secondary N) is 1. The van der Waals surface area contributed by atoms with E-state index >= 15 is 0 Å². The van der Waals surface area contributed by atoms with Gasteiger partial charge >= 0.3 is 0 Å². The first-order chi connectivity index (χ1) is 13.2. The number of rotatable bonds is 5. The topological polar surface area (TPSA) is 58.2 Å². The second-order valence-electron chi connectivity index (χ2n) is 7.19. The number of benzene rings is 2. The molecule has 1 saturated heterocycles. The number of para-hydroxylation sites is 2. The van der Waals surface area contributed by atoms with Gasteiger partial charge in [-0.2, -0.15) is 0 Å². The summed E-state index contributed by atoms with van der Waals surface area (Å²) in [4.78, 5) is 23.0. The molecule has 140 valence electrons. The fraction of sp³-hybridized carbons (Fsp3) is 0.364. The summed E-state index contributed by atoms with van der Waals surface area (Å²) in [5.74, 6) is 1.97. The maximum absolute atomic E-state index is 12.9. The van der Waals surface area contributed by atoms with E-state index in [1.165, 1.54) is 0 Å².